The maximum atomic E-state index is 12.9. The standard InChI is InChI=1S/C10H7ClF4O/c11-8-2-1-6(4-9(8)12)3-7(5-16)10(13,14)15/h1-2,4-5,7H,3H2/t7-/m1/s1. The van der Waals surface area contributed by atoms with Gasteiger partial charge in [-0.1, -0.05) is 17.7 Å². The number of halogens is 5. The molecule has 1 rings (SSSR count). The SMILES string of the molecule is O=C[C@@H](Cc1ccc(Cl)c(F)c1)C(F)(F)F. The summed E-state index contributed by atoms with van der Waals surface area (Å²) in [6.45, 7) is 0. The number of hydrogen-bond donors (Lipinski definition) is 0. The molecule has 6 heteroatoms. The molecule has 0 saturated heterocycles. The van der Waals surface area contributed by atoms with Crippen LogP contribution in [0.5, 0.6) is 0 Å². The minimum atomic E-state index is -4.61. The minimum Gasteiger partial charge on any atom is -0.303 e. The molecule has 0 aromatic heterocycles. The first-order valence-electron chi connectivity index (χ1n) is 4.30. The monoisotopic (exact) mass is 254 g/mol. The van der Waals surface area contributed by atoms with Gasteiger partial charge in [0.25, 0.3) is 0 Å². The van der Waals surface area contributed by atoms with Crippen LogP contribution in [0.2, 0.25) is 5.02 Å². The molecule has 0 spiro atoms. The van der Waals surface area contributed by atoms with E-state index in [1.165, 1.54) is 6.07 Å². The van der Waals surface area contributed by atoms with Crippen LogP contribution >= 0.6 is 11.6 Å². The van der Waals surface area contributed by atoms with Crippen molar-refractivity contribution in [2.75, 3.05) is 0 Å². The average molecular weight is 255 g/mol. The topological polar surface area (TPSA) is 17.1 Å². The molecular weight excluding hydrogens is 248 g/mol. The zero-order valence-electron chi connectivity index (χ0n) is 7.89. The number of rotatable bonds is 3. The molecule has 1 aromatic rings. The van der Waals surface area contributed by atoms with Crippen molar-refractivity contribution in [3.8, 4) is 0 Å². The lowest BCUT2D eigenvalue weighted by Crippen LogP contribution is -2.26. The second-order valence-electron chi connectivity index (χ2n) is 3.24. The van der Waals surface area contributed by atoms with Gasteiger partial charge in [0, 0.05) is 0 Å². The van der Waals surface area contributed by atoms with Gasteiger partial charge in [-0.05, 0) is 24.1 Å². The summed E-state index contributed by atoms with van der Waals surface area (Å²) in [7, 11) is 0. The van der Waals surface area contributed by atoms with Gasteiger partial charge in [-0.3, -0.25) is 0 Å². The molecule has 16 heavy (non-hydrogen) atoms. The van der Waals surface area contributed by atoms with E-state index >= 15 is 0 Å². The third-order valence-electron chi connectivity index (χ3n) is 2.02. The zero-order chi connectivity index (χ0) is 12.3. The average Bonchev–Trinajstić information content (AvgIpc) is 2.18. The van der Waals surface area contributed by atoms with Gasteiger partial charge in [0.15, 0.2) is 0 Å². The lowest BCUT2D eigenvalue weighted by molar-refractivity contribution is -0.174. The fourth-order valence-electron chi connectivity index (χ4n) is 1.16. The zero-order valence-corrected chi connectivity index (χ0v) is 8.65. The molecule has 0 saturated carbocycles. The third-order valence-corrected chi connectivity index (χ3v) is 2.33. The normalized spacial score (nSPS) is 13.6. The summed E-state index contributed by atoms with van der Waals surface area (Å²) < 4.78 is 49.6. The van der Waals surface area contributed by atoms with Crippen LogP contribution in [0.25, 0.3) is 0 Å². The van der Waals surface area contributed by atoms with Crippen molar-refractivity contribution in [1.82, 2.24) is 0 Å². The molecule has 0 fully saturated rings. The van der Waals surface area contributed by atoms with Crippen LogP contribution in [-0.4, -0.2) is 12.5 Å². The Morgan fingerprint density at radius 2 is 2.00 bits per heavy atom. The van der Waals surface area contributed by atoms with Gasteiger partial charge in [0.2, 0.25) is 0 Å². The summed E-state index contributed by atoms with van der Waals surface area (Å²) in [6.07, 6.45) is -5.38. The molecule has 0 radical (unpaired) electrons. The predicted molar refractivity (Wildman–Crippen MR) is 50.7 cm³/mol. The van der Waals surface area contributed by atoms with E-state index in [1.807, 2.05) is 0 Å². The lowest BCUT2D eigenvalue weighted by atomic mass is 10.0. The van der Waals surface area contributed by atoms with Gasteiger partial charge in [-0.15, -0.1) is 0 Å². The maximum Gasteiger partial charge on any atom is 0.398 e. The second-order valence-corrected chi connectivity index (χ2v) is 3.64. The second kappa shape index (κ2) is 4.82. The molecule has 1 nitrogen and oxygen atoms in total. The smallest absolute Gasteiger partial charge is 0.303 e. The Labute approximate surface area is 94.0 Å². The van der Waals surface area contributed by atoms with Crippen molar-refractivity contribution in [1.29, 1.82) is 0 Å². The Bertz CT molecular complexity index is 389. The van der Waals surface area contributed by atoms with E-state index < -0.39 is 24.3 Å². The Morgan fingerprint density at radius 3 is 2.44 bits per heavy atom. The third kappa shape index (κ3) is 3.20. The van der Waals surface area contributed by atoms with E-state index in [0.29, 0.717) is 0 Å². The number of aldehydes is 1. The molecule has 0 unspecified atom stereocenters. The molecule has 1 aromatic carbocycles. The Morgan fingerprint density at radius 1 is 1.38 bits per heavy atom. The first-order valence-corrected chi connectivity index (χ1v) is 4.68. The van der Waals surface area contributed by atoms with Crippen molar-refractivity contribution in [3.63, 3.8) is 0 Å². The highest BCUT2D eigenvalue weighted by atomic mass is 35.5. The highest BCUT2D eigenvalue weighted by Crippen LogP contribution is 2.28. The first-order chi connectivity index (χ1) is 7.34. The Kier molecular flexibility index (Phi) is 3.91. The van der Waals surface area contributed by atoms with Crippen molar-refractivity contribution >= 4 is 17.9 Å². The molecule has 0 amide bonds. The highest BCUT2D eigenvalue weighted by molar-refractivity contribution is 6.30. The first kappa shape index (κ1) is 13.0. The van der Waals surface area contributed by atoms with E-state index in [1.54, 1.807) is 0 Å². The van der Waals surface area contributed by atoms with Crippen molar-refractivity contribution < 1.29 is 22.4 Å². The number of carbonyl (C=O) groups is 1. The summed E-state index contributed by atoms with van der Waals surface area (Å²) in [4.78, 5) is 10.3. The van der Waals surface area contributed by atoms with Crippen LogP contribution in [0, 0.1) is 11.7 Å². The Balaban J connectivity index is 2.87. The van der Waals surface area contributed by atoms with Crippen LogP contribution in [0.1, 0.15) is 5.56 Å². The molecule has 88 valence electrons. The Hall–Kier alpha value is -1.10. The van der Waals surface area contributed by atoms with Crippen molar-refractivity contribution in [2.24, 2.45) is 5.92 Å². The molecule has 0 bridgehead atoms. The molecule has 0 heterocycles. The summed E-state index contributed by atoms with van der Waals surface area (Å²) >= 11 is 5.37. The van der Waals surface area contributed by atoms with Gasteiger partial charge < -0.3 is 4.79 Å². The summed E-state index contributed by atoms with van der Waals surface area (Å²) in [5.41, 5.74) is 0.0799. The van der Waals surface area contributed by atoms with Crippen LogP contribution in [-0.2, 0) is 11.2 Å². The van der Waals surface area contributed by atoms with Crippen LogP contribution in [0.4, 0.5) is 17.6 Å². The summed E-state index contributed by atoms with van der Waals surface area (Å²) in [5, 5.41) is -0.168. The van der Waals surface area contributed by atoms with Crippen LogP contribution in [0.15, 0.2) is 18.2 Å². The summed E-state index contributed by atoms with van der Waals surface area (Å²) in [6, 6.07) is 3.31. The number of hydrogen-bond acceptors (Lipinski definition) is 1. The van der Waals surface area contributed by atoms with Crippen LogP contribution in [0.3, 0.4) is 0 Å². The molecule has 0 N–H and O–H groups in total. The van der Waals surface area contributed by atoms with E-state index in [0.717, 1.165) is 12.1 Å². The fraction of sp³-hybridized carbons (Fsp3) is 0.300. The lowest BCUT2D eigenvalue weighted by Gasteiger charge is -2.14. The van der Waals surface area contributed by atoms with Gasteiger partial charge in [-0.25, -0.2) is 4.39 Å². The summed E-state index contributed by atoms with van der Waals surface area (Å²) in [5.74, 6) is -2.92. The molecule has 0 aliphatic heterocycles. The highest BCUT2D eigenvalue weighted by Gasteiger charge is 2.39. The maximum absolute atomic E-state index is 12.9. The van der Waals surface area contributed by atoms with Crippen molar-refractivity contribution in [2.45, 2.75) is 12.6 Å². The molecular formula is C10H7ClF4O. The van der Waals surface area contributed by atoms with E-state index in [9.17, 15) is 22.4 Å². The molecule has 0 aliphatic carbocycles. The van der Waals surface area contributed by atoms with Gasteiger partial charge >= 0.3 is 6.18 Å². The van der Waals surface area contributed by atoms with Gasteiger partial charge in [-0.2, -0.15) is 13.2 Å². The minimum absolute atomic E-state index is 0.0799. The van der Waals surface area contributed by atoms with Crippen LogP contribution < -0.4 is 0 Å². The number of carbonyl (C=O) groups excluding carboxylic acids is 1. The quantitative estimate of drug-likeness (QED) is 0.597. The van der Waals surface area contributed by atoms with E-state index in [4.69, 9.17) is 11.6 Å². The van der Waals surface area contributed by atoms with E-state index in [-0.39, 0.29) is 16.9 Å². The molecule has 0 aliphatic rings. The fourth-order valence-corrected chi connectivity index (χ4v) is 1.28. The van der Waals surface area contributed by atoms with Gasteiger partial charge in [0.1, 0.15) is 18.0 Å². The van der Waals surface area contributed by atoms with E-state index in [2.05, 4.69) is 0 Å². The molecule has 1 atom stereocenters. The predicted octanol–water partition coefficient (Wildman–Crippen LogP) is 3.40. The number of alkyl halides is 3. The number of benzene rings is 1. The van der Waals surface area contributed by atoms with Gasteiger partial charge in [0.05, 0.1) is 5.02 Å². The van der Waals surface area contributed by atoms with Crippen molar-refractivity contribution in [3.05, 3.63) is 34.6 Å². The largest absolute Gasteiger partial charge is 0.398 e.